The molecule has 0 aromatic heterocycles. The Morgan fingerprint density at radius 3 is 2.78 bits per heavy atom. The van der Waals surface area contributed by atoms with Gasteiger partial charge < -0.3 is 9.53 Å². The van der Waals surface area contributed by atoms with Crippen LogP contribution in [0.2, 0.25) is 0 Å². The zero-order valence-electron chi connectivity index (χ0n) is 6.02. The third-order valence-corrected chi connectivity index (χ3v) is 0.994. The third-order valence-electron chi connectivity index (χ3n) is 0.994. The molecule has 0 rings (SSSR count). The van der Waals surface area contributed by atoms with Crippen molar-refractivity contribution in [3.05, 3.63) is 6.10 Å². The quantitative estimate of drug-likeness (QED) is 0.416. The van der Waals surface area contributed by atoms with Crippen molar-refractivity contribution in [2.75, 3.05) is 6.61 Å². The van der Waals surface area contributed by atoms with Gasteiger partial charge in [-0.15, -0.1) is 0 Å². The molecule has 0 aliphatic carbocycles. The van der Waals surface area contributed by atoms with Gasteiger partial charge in [0, 0.05) is 6.61 Å². The molecule has 0 aromatic rings. The molecule has 0 atom stereocenters. The number of ether oxygens (including phenoxy) is 1. The summed E-state index contributed by atoms with van der Waals surface area (Å²) in [5, 5.41) is 0. The van der Waals surface area contributed by atoms with Crippen molar-refractivity contribution in [2.45, 2.75) is 26.7 Å². The summed E-state index contributed by atoms with van der Waals surface area (Å²) in [6.45, 7) is 4.42. The van der Waals surface area contributed by atoms with Gasteiger partial charge in [-0.05, 0) is 13.3 Å². The number of carbonyl (C=O) groups is 1. The summed E-state index contributed by atoms with van der Waals surface area (Å²) < 4.78 is 4.98. The van der Waals surface area contributed by atoms with Gasteiger partial charge >= 0.3 is 0 Å². The highest BCUT2D eigenvalue weighted by Crippen LogP contribution is 1.97. The van der Waals surface area contributed by atoms with E-state index in [9.17, 15) is 4.79 Å². The number of aldehydes is 1. The molecule has 53 valence electrons. The summed E-state index contributed by atoms with van der Waals surface area (Å²) in [5.41, 5.74) is 0. The number of unbranched alkanes of at least 4 members (excludes halogenated alkanes) is 1. The van der Waals surface area contributed by atoms with Crippen molar-refractivity contribution in [1.82, 2.24) is 0 Å². The van der Waals surface area contributed by atoms with Gasteiger partial charge in [-0.2, -0.15) is 0 Å². The minimum atomic E-state index is 0.475. The van der Waals surface area contributed by atoms with E-state index in [-0.39, 0.29) is 0 Å². The predicted molar refractivity (Wildman–Crippen MR) is 35.8 cm³/mol. The Bertz CT molecular complexity index is 71.3. The largest absolute Gasteiger partial charge is 0.364 e. The SMILES string of the molecule is CCCCO[C](C)C=O. The van der Waals surface area contributed by atoms with Gasteiger partial charge in [-0.1, -0.05) is 13.3 Å². The summed E-state index contributed by atoms with van der Waals surface area (Å²) in [4.78, 5) is 9.94. The predicted octanol–water partition coefficient (Wildman–Crippen LogP) is 1.55. The molecule has 0 fully saturated rings. The molecule has 0 spiro atoms. The summed E-state index contributed by atoms with van der Waals surface area (Å²) in [6.07, 6.45) is 3.33. The van der Waals surface area contributed by atoms with E-state index in [0.29, 0.717) is 12.7 Å². The summed E-state index contributed by atoms with van der Waals surface area (Å²) in [5.74, 6) is 0. The van der Waals surface area contributed by atoms with Crippen LogP contribution < -0.4 is 0 Å². The Hall–Kier alpha value is -0.370. The Morgan fingerprint density at radius 2 is 2.33 bits per heavy atom. The highest BCUT2D eigenvalue weighted by Gasteiger charge is 1.97. The number of rotatable bonds is 5. The van der Waals surface area contributed by atoms with Gasteiger partial charge in [0.25, 0.3) is 0 Å². The second-order valence-corrected chi connectivity index (χ2v) is 1.93. The van der Waals surface area contributed by atoms with Crippen LogP contribution in [0.25, 0.3) is 0 Å². The average molecular weight is 129 g/mol. The average Bonchev–Trinajstić information content (AvgIpc) is 1.89. The molecule has 0 aromatic carbocycles. The van der Waals surface area contributed by atoms with Crippen molar-refractivity contribution >= 4 is 6.29 Å². The maximum absolute atomic E-state index is 9.94. The van der Waals surface area contributed by atoms with Crippen LogP contribution in [0.5, 0.6) is 0 Å². The number of hydrogen-bond donors (Lipinski definition) is 0. The molecule has 9 heavy (non-hydrogen) atoms. The van der Waals surface area contributed by atoms with Crippen LogP contribution in [0.1, 0.15) is 26.7 Å². The van der Waals surface area contributed by atoms with E-state index < -0.39 is 0 Å². The lowest BCUT2D eigenvalue weighted by atomic mass is 10.3. The zero-order chi connectivity index (χ0) is 7.11. The highest BCUT2D eigenvalue weighted by atomic mass is 16.5. The van der Waals surface area contributed by atoms with Crippen molar-refractivity contribution in [3.8, 4) is 0 Å². The van der Waals surface area contributed by atoms with Crippen molar-refractivity contribution in [2.24, 2.45) is 0 Å². The molecule has 0 bridgehead atoms. The topological polar surface area (TPSA) is 26.3 Å². The maximum atomic E-state index is 9.94. The zero-order valence-corrected chi connectivity index (χ0v) is 6.02. The van der Waals surface area contributed by atoms with Crippen LogP contribution in [0.4, 0.5) is 0 Å². The van der Waals surface area contributed by atoms with Gasteiger partial charge in [0.05, 0.1) is 0 Å². The lowest BCUT2D eigenvalue weighted by molar-refractivity contribution is -0.111. The first-order valence-electron chi connectivity index (χ1n) is 3.22. The van der Waals surface area contributed by atoms with Crippen molar-refractivity contribution in [3.63, 3.8) is 0 Å². The van der Waals surface area contributed by atoms with E-state index in [1.807, 2.05) is 0 Å². The van der Waals surface area contributed by atoms with Crippen LogP contribution >= 0.6 is 0 Å². The molecular weight excluding hydrogens is 116 g/mol. The number of hydrogen-bond acceptors (Lipinski definition) is 2. The van der Waals surface area contributed by atoms with Gasteiger partial charge in [0.15, 0.2) is 12.4 Å². The van der Waals surface area contributed by atoms with E-state index in [1.165, 1.54) is 0 Å². The standard InChI is InChI=1S/C7H13O2/c1-3-4-5-9-7(2)6-8/h6H,3-5H2,1-2H3. The third kappa shape index (κ3) is 5.50. The molecule has 0 amide bonds. The minimum Gasteiger partial charge on any atom is -0.364 e. The normalized spacial score (nSPS) is 10.1. The fourth-order valence-corrected chi connectivity index (χ4v) is 0.412. The monoisotopic (exact) mass is 129 g/mol. The second-order valence-electron chi connectivity index (χ2n) is 1.93. The fourth-order valence-electron chi connectivity index (χ4n) is 0.412. The molecule has 2 nitrogen and oxygen atoms in total. The molecule has 0 heterocycles. The smallest absolute Gasteiger partial charge is 0.156 e. The van der Waals surface area contributed by atoms with Crippen LogP contribution in [0.3, 0.4) is 0 Å². The Morgan fingerprint density at radius 1 is 1.67 bits per heavy atom. The molecule has 0 aliphatic heterocycles. The van der Waals surface area contributed by atoms with E-state index in [2.05, 4.69) is 6.92 Å². The molecular formula is C7H13O2. The first kappa shape index (κ1) is 8.63. The molecule has 0 N–H and O–H groups in total. The van der Waals surface area contributed by atoms with Gasteiger partial charge in [-0.25, -0.2) is 0 Å². The van der Waals surface area contributed by atoms with Crippen molar-refractivity contribution < 1.29 is 9.53 Å². The Labute approximate surface area is 56.2 Å². The summed E-state index contributed by atoms with van der Waals surface area (Å²) in [6, 6.07) is 0. The van der Waals surface area contributed by atoms with E-state index in [1.54, 1.807) is 6.92 Å². The number of carbonyl (C=O) groups excluding carboxylic acids is 1. The lowest BCUT2D eigenvalue weighted by Gasteiger charge is -2.02. The first-order valence-corrected chi connectivity index (χ1v) is 3.22. The van der Waals surface area contributed by atoms with Crippen LogP contribution in [0, 0.1) is 6.10 Å². The maximum Gasteiger partial charge on any atom is 0.156 e. The Kier molecular flexibility index (Phi) is 5.52. The molecule has 2 heteroatoms. The van der Waals surface area contributed by atoms with Crippen LogP contribution in [-0.4, -0.2) is 12.9 Å². The van der Waals surface area contributed by atoms with E-state index in [4.69, 9.17) is 4.74 Å². The highest BCUT2D eigenvalue weighted by molar-refractivity contribution is 5.64. The minimum absolute atomic E-state index is 0.475. The van der Waals surface area contributed by atoms with Gasteiger partial charge in [0.2, 0.25) is 0 Å². The van der Waals surface area contributed by atoms with Gasteiger partial charge in [0.1, 0.15) is 0 Å². The van der Waals surface area contributed by atoms with E-state index in [0.717, 1.165) is 19.1 Å². The second kappa shape index (κ2) is 5.76. The van der Waals surface area contributed by atoms with Crippen LogP contribution in [-0.2, 0) is 9.53 Å². The molecule has 0 saturated carbocycles. The fraction of sp³-hybridized carbons (Fsp3) is 0.714. The Balaban J connectivity index is 2.96. The molecule has 1 radical (unpaired) electrons. The summed E-state index contributed by atoms with van der Waals surface area (Å²) in [7, 11) is 0. The van der Waals surface area contributed by atoms with E-state index >= 15 is 0 Å². The summed E-state index contributed by atoms with van der Waals surface area (Å²) >= 11 is 0. The lowest BCUT2D eigenvalue weighted by Crippen LogP contribution is -2.00. The molecule has 0 unspecified atom stereocenters. The molecule has 0 saturated heterocycles. The first-order chi connectivity index (χ1) is 4.31. The molecule has 0 aliphatic rings. The van der Waals surface area contributed by atoms with Gasteiger partial charge in [-0.3, -0.25) is 0 Å². The van der Waals surface area contributed by atoms with Crippen LogP contribution in [0.15, 0.2) is 0 Å². The van der Waals surface area contributed by atoms with Crippen molar-refractivity contribution in [1.29, 1.82) is 0 Å².